The zero-order valence-electron chi connectivity index (χ0n) is 11.4. The van der Waals surface area contributed by atoms with E-state index in [0.29, 0.717) is 18.5 Å². The van der Waals surface area contributed by atoms with E-state index in [1.54, 1.807) is 29.4 Å². The first kappa shape index (κ1) is 13.3. The first-order valence-electron chi connectivity index (χ1n) is 6.74. The van der Waals surface area contributed by atoms with Crippen molar-refractivity contribution in [2.24, 2.45) is 5.73 Å². The number of aromatic nitrogens is 1. The number of pyridine rings is 1. The van der Waals surface area contributed by atoms with E-state index in [0.717, 1.165) is 11.1 Å². The molecular formula is C16H15N3O2. The van der Waals surface area contributed by atoms with Gasteiger partial charge in [0, 0.05) is 30.9 Å². The van der Waals surface area contributed by atoms with Crippen LogP contribution in [0.25, 0.3) is 0 Å². The minimum absolute atomic E-state index is 0.198. The Labute approximate surface area is 122 Å². The lowest BCUT2D eigenvalue weighted by Crippen LogP contribution is -2.51. The van der Waals surface area contributed by atoms with Crippen LogP contribution < -0.4 is 5.73 Å². The van der Waals surface area contributed by atoms with Crippen molar-refractivity contribution in [3.63, 3.8) is 0 Å². The monoisotopic (exact) mass is 281 g/mol. The summed E-state index contributed by atoms with van der Waals surface area (Å²) in [5, 5.41) is 0. The van der Waals surface area contributed by atoms with Gasteiger partial charge in [-0.2, -0.15) is 0 Å². The standard InChI is InChI=1S/C16H15N3O2/c17-15(20)14-9-12-3-1-2-4-13(12)10-19(14)16(21)11-5-7-18-8-6-11/h1-8,14H,9-10H2,(H2,17,20)/t14-/m0/s1. The minimum atomic E-state index is -0.611. The summed E-state index contributed by atoms with van der Waals surface area (Å²) in [6.07, 6.45) is 3.58. The molecule has 2 heterocycles. The number of hydrogen-bond donors (Lipinski definition) is 1. The summed E-state index contributed by atoms with van der Waals surface area (Å²) in [6, 6.07) is 10.5. The van der Waals surface area contributed by atoms with Gasteiger partial charge in [-0.3, -0.25) is 14.6 Å². The fraction of sp³-hybridized carbons (Fsp3) is 0.188. The minimum Gasteiger partial charge on any atom is -0.368 e. The SMILES string of the molecule is NC(=O)[C@@H]1Cc2ccccc2CN1C(=O)c1ccncc1. The Balaban J connectivity index is 1.96. The van der Waals surface area contributed by atoms with Crippen LogP contribution >= 0.6 is 0 Å². The highest BCUT2D eigenvalue weighted by atomic mass is 16.2. The molecule has 1 aromatic carbocycles. The van der Waals surface area contributed by atoms with Gasteiger partial charge in [0.1, 0.15) is 6.04 Å². The van der Waals surface area contributed by atoms with Crippen LogP contribution in [-0.2, 0) is 17.8 Å². The number of nitrogens with zero attached hydrogens (tertiary/aromatic N) is 2. The maximum atomic E-state index is 12.6. The second-order valence-corrected chi connectivity index (χ2v) is 5.06. The summed E-state index contributed by atoms with van der Waals surface area (Å²) < 4.78 is 0. The first-order chi connectivity index (χ1) is 10.2. The Bertz CT molecular complexity index is 685. The van der Waals surface area contributed by atoms with Crippen molar-refractivity contribution in [1.29, 1.82) is 0 Å². The number of primary amides is 1. The highest BCUT2D eigenvalue weighted by molar-refractivity contribution is 5.97. The van der Waals surface area contributed by atoms with Gasteiger partial charge in [0.25, 0.3) is 5.91 Å². The van der Waals surface area contributed by atoms with Gasteiger partial charge in [-0.15, -0.1) is 0 Å². The second-order valence-electron chi connectivity index (χ2n) is 5.06. The van der Waals surface area contributed by atoms with E-state index in [2.05, 4.69) is 4.98 Å². The van der Waals surface area contributed by atoms with Gasteiger partial charge >= 0.3 is 0 Å². The maximum absolute atomic E-state index is 12.6. The van der Waals surface area contributed by atoms with Crippen molar-refractivity contribution < 1.29 is 9.59 Å². The van der Waals surface area contributed by atoms with Crippen molar-refractivity contribution in [1.82, 2.24) is 9.88 Å². The number of fused-ring (bicyclic) bond motifs is 1. The van der Waals surface area contributed by atoms with Crippen molar-refractivity contribution in [3.8, 4) is 0 Å². The Morgan fingerprint density at radius 1 is 1.10 bits per heavy atom. The van der Waals surface area contributed by atoms with Crippen molar-refractivity contribution in [2.45, 2.75) is 19.0 Å². The van der Waals surface area contributed by atoms with Crippen LogP contribution in [0.1, 0.15) is 21.5 Å². The maximum Gasteiger partial charge on any atom is 0.254 e. The van der Waals surface area contributed by atoms with E-state index in [4.69, 9.17) is 5.73 Å². The summed E-state index contributed by atoms with van der Waals surface area (Å²) in [7, 11) is 0. The van der Waals surface area contributed by atoms with Gasteiger partial charge < -0.3 is 10.6 Å². The first-order valence-corrected chi connectivity index (χ1v) is 6.74. The molecule has 21 heavy (non-hydrogen) atoms. The molecule has 1 aliphatic heterocycles. The molecule has 0 radical (unpaired) electrons. The predicted molar refractivity (Wildman–Crippen MR) is 77.2 cm³/mol. The van der Waals surface area contributed by atoms with Crippen LogP contribution in [-0.4, -0.2) is 27.7 Å². The number of amides is 2. The lowest BCUT2D eigenvalue weighted by Gasteiger charge is -2.35. The van der Waals surface area contributed by atoms with Crippen molar-refractivity contribution >= 4 is 11.8 Å². The molecule has 0 unspecified atom stereocenters. The van der Waals surface area contributed by atoms with Gasteiger partial charge in [0.2, 0.25) is 5.91 Å². The summed E-state index contributed by atoms with van der Waals surface area (Å²) in [5.41, 5.74) is 8.12. The summed E-state index contributed by atoms with van der Waals surface area (Å²) in [4.78, 5) is 29.8. The van der Waals surface area contributed by atoms with Crippen LogP contribution in [0.2, 0.25) is 0 Å². The summed E-state index contributed by atoms with van der Waals surface area (Å²) in [5.74, 6) is -0.678. The van der Waals surface area contributed by atoms with Gasteiger partial charge in [-0.1, -0.05) is 24.3 Å². The van der Waals surface area contributed by atoms with Crippen LogP contribution in [0.3, 0.4) is 0 Å². The molecule has 2 amide bonds. The van der Waals surface area contributed by atoms with Crippen LogP contribution in [0.4, 0.5) is 0 Å². The zero-order chi connectivity index (χ0) is 14.8. The number of hydrogen-bond acceptors (Lipinski definition) is 3. The Morgan fingerprint density at radius 3 is 2.43 bits per heavy atom. The molecule has 3 rings (SSSR count). The molecular weight excluding hydrogens is 266 g/mol. The third kappa shape index (κ3) is 2.50. The molecule has 2 N–H and O–H groups in total. The molecule has 0 bridgehead atoms. The van der Waals surface area contributed by atoms with E-state index in [1.807, 2.05) is 24.3 Å². The van der Waals surface area contributed by atoms with Crippen LogP contribution in [0.15, 0.2) is 48.8 Å². The lowest BCUT2D eigenvalue weighted by atomic mass is 9.93. The molecule has 2 aromatic rings. The third-order valence-electron chi connectivity index (χ3n) is 3.77. The average Bonchev–Trinajstić information content (AvgIpc) is 2.53. The number of benzene rings is 1. The largest absolute Gasteiger partial charge is 0.368 e. The van der Waals surface area contributed by atoms with Crippen molar-refractivity contribution in [2.75, 3.05) is 0 Å². The quantitative estimate of drug-likeness (QED) is 0.896. The number of carbonyl (C=O) groups is 2. The van der Waals surface area contributed by atoms with E-state index in [9.17, 15) is 9.59 Å². The third-order valence-corrected chi connectivity index (χ3v) is 3.77. The van der Waals surface area contributed by atoms with Gasteiger partial charge in [0.15, 0.2) is 0 Å². The Morgan fingerprint density at radius 2 is 1.76 bits per heavy atom. The van der Waals surface area contributed by atoms with E-state index < -0.39 is 11.9 Å². The topological polar surface area (TPSA) is 76.3 Å². The number of carbonyl (C=O) groups excluding carboxylic acids is 2. The highest BCUT2D eigenvalue weighted by Crippen LogP contribution is 2.24. The normalized spacial score (nSPS) is 17.1. The Kier molecular flexibility index (Phi) is 3.39. The van der Waals surface area contributed by atoms with Gasteiger partial charge in [-0.25, -0.2) is 0 Å². The molecule has 106 valence electrons. The average molecular weight is 281 g/mol. The molecule has 0 fully saturated rings. The summed E-state index contributed by atoms with van der Waals surface area (Å²) in [6.45, 7) is 0.394. The molecule has 1 aromatic heterocycles. The molecule has 5 heteroatoms. The molecule has 1 aliphatic rings. The fourth-order valence-electron chi connectivity index (χ4n) is 2.65. The van der Waals surface area contributed by atoms with E-state index >= 15 is 0 Å². The van der Waals surface area contributed by atoms with Crippen LogP contribution in [0, 0.1) is 0 Å². The predicted octanol–water partition coefficient (Wildman–Crippen LogP) is 1.13. The number of nitrogens with two attached hydrogens (primary N) is 1. The number of rotatable bonds is 2. The molecule has 0 saturated carbocycles. The second kappa shape index (κ2) is 5.36. The molecule has 1 atom stereocenters. The zero-order valence-corrected chi connectivity index (χ0v) is 11.4. The smallest absolute Gasteiger partial charge is 0.254 e. The Hall–Kier alpha value is -2.69. The highest BCUT2D eigenvalue weighted by Gasteiger charge is 2.33. The molecule has 0 spiro atoms. The van der Waals surface area contributed by atoms with E-state index in [-0.39, 0.29) is 5.91 Å². The van der Waals surface area contributed by atoms with Crippen molar-refractivity contribution in [3.05, 3.63) is 65.5 Å². The lowest BCUT2D eigenvalue weighted by molar-refractivity contribution is -0.122. The molecule has 0 saturated heterocycles. The van der Waals surface area contributed by atoms with Crippen LogP contribution in [0.5, 0.6) is 0 Å². The molecule has 5 nitrogen and oxygen atoms in total. The van der Waals surface area contributed by atoms with Gasteiger partial charge in [0.05, 0.1) is 0 Å². The van der Waals surface area contributed by atoms with E-state index in [1.165, 1.54) is 0 Å². The fourth-order valence-corrected chi connectivity index (χ4v) is 2.65. The molecule has 0 aliphatic carbocycles. The summed E-state index contributed by atoms with van der Waals surface area (Å²) >= 11 is 0. The van der Waals surface area contributed by atoms with Gasteiger partial charge in [-0.05, 0) is 23.3 Å².